The molecule has 0 nitrogen and oxygen atoms in total. The van der Waals surface area contributed by atoms with E-state index in [0.29, 0.717) is 18.8 Å². The van der Waals surface area contributed by atoms with Crippen molar-refractivity contribution >= 4 is 0 Å². The van der Waals surface area contributed by atoms with Crippen molar-refractivity contribution in [1.82, 2.24) is 0 Å². The molecule has 0 aliphatic heterocycles. The molecule has 134 valence electrons. The Morgan fingerprint density at radius 3 is 1.55 bits per heavy atom. The fraction of sp³-hybridized carbons (Fsp3) is 1.00. The lowest BCUT2D eigenvalue weighted by atomic mass is 9.81. The molecule has 6 heteroatoms. The van der Waals surface area contributed by atoms with Crippen LogP contribution in [0.25, 0.3) is 0 Å². The molecule has 4 unspecified atom stereocenters. The van der Waals surface area contributed by atoms with Gasteiger partial charge in [0.05, 0.1) is 5.92 Å². The first-order valence-corrected chi connectivity index (χ1v) is 8.00. The van der Waals surface area contributed by atoms with Gasteiger partial charge in [0.2, 0.25) is 0 Å². The number of rotatable bonds is 9. The van der Waals surface area contributed by atoms with E-state index in [1.807, 2.05) is 13.8 Å². The highest BCUT2D eigenvalue weighted by molar-refractivity contribution is 4.75. The Labute approximate surface area is 129 Å². The number of alkyl halides is 6. The molecule has 0 spiro atoms. The molecule has 0 heterocycles. The molecule has 0 amide bonds. The molecular weight excluding hydrogens is 306 g/mol. The van der Waals surface area contributed by atoms with Gasteiger partial charge in [0, 0.05) is 6.42 Å². The molecule has 0 aromatic heterocycles. The standard InChI is InChI=1S/C16H28F6/c1-5-11(2)6-8-14(13(4)16(20,21)22)9-7-12(3)10-15(17,18)19/h11-14H,5-10H2,1-4H3. The van der Waals surface area contributed by atoms with Crippen LogP contribution in [0.2, 0.25) is 0 Å². The summed E-state index contributed by atoms with van der Waals surface area (Å²) in [5.74, 6) is -2.35. The summed E-state index contributed by atoms with van der Waals surface area (Å²) in [6.07, 6.45) is -7.05. The van der Waals surface area contributed by atoms with E-state index in [9.17, 15) is 26.3 Å². The van der Waals surface area contributed by atoms with Gasteiger partial charge in [-0.3, -0.25) is 0 Å². The van der Waals surface area contributed by atoms with E-state index in [1.54, 1.807) is 0 Å². The molecule has 0 rings (SSSR count). The van der Waals surface area contributed by atoms with Crippen molar-refractivity contribution in [3.8, 4) is 0 Å². The lowest BCUT2D eigenvalue weighted by Gasteiger charge is -2.28. The summed E-state index contributed by atoms with van der Waals surface area (Å²) >= 11 is 0. The quantitative estimate of drug-likeness (QED) is 0.398. The highest BCUT2D eigenvalue weighted by Gasteiger charge is 2.41. The first-order valence-electron chi connectivity index (χ1n) is 8.00. The molecule has 0 fully saturated rings. The van der Waals surface area contributed by atoms with Gasteiger partial charge >= 0.3 is 12.4 Å². The SMILES string of the molecule is CCC(C)CCC(CCC(C)CC(F)(F)F)C(C)C(F)(F)F. The lowest BCUT2D eigenvalue weighted by molar-refractivity contribution is -0.185. The molecule has 0 bridgehead atoms. The molecule has 22 heavy (non-hydrogen) atoms. The smallest absolute Gasteiger partial charge is 0.171 e. The van der Waals surface area contributed by atoms with Gasteiger partial charge in [-0.15, -0.1) is 0 Å². The van der Waals surface area contributed by atoms with Gasteiger partial charge in [-0.05, 0) is 30.6 Å². The van der Waals surface area contributed by atoms with E-state index in [2.05, 4.69) is 0 Å². The van der Waals surface area contributed by atoms with Crippen molar-refractivity contribution in [1.29, 1.82) is 0 Å². The zero-order valence-electron chi connectivity index (χ0n) is 13.8. The van der Waals surface area contributed by atoms with Gasteiger partial charge in [-0.1, -0.05) is 47.0 Å². The topological polar surface area (TPSA) is 0 Å². The van der Waals surface area contributed by atoms with Gasteiger partial charge in [-0.2, -0.15) is 26.3 Å². The summed E-state index contributed by atoms with van der Waals surface area (Å²) in [6.45, 7) is 6.58. The molecule has 4 atom stereocenters. The average molecular weight is 334 g/mol. The Hall–Kier alpha value is -0.420. The molecule has 0 aliphatic carbocycles. The second-order valence-corrected chi connectivity index (χ2v) is 6.68. The van der Waals surface area contributed by atoms with Crippen LogP contribution in [-0.2, 0) is 0 Å². The van der Waals surface area contributed by atoms with E-state index in [-0.39, 0.29) is 12.8 Å². The van der Waals surface area contributed by atoms with Gasteiger partial charge in [-0.25, -0.2) is 0 Å². The Bertz CT molecular complexity index is 294. The average Bonchev–Trinajstić information content (AvgIpc) is 2.34. The van der Waals surface area contributed by atoms with E-state index in [1.165, 1.54) is 6.92 Å². The van der Waals surface area contributed by atoms with Crippen LogP contribution < -0.4 is 0 Å². The molecule has 0 saturated heterocycles. The Balaban J connectivity index is 4.59. The maximum Gasteiger partial charge on any atom is 0.391 e. The van der Waals surface area contributed by atoms with Crippen molar-refractivity contribution < 1.29 is 26.3 Å². The Morgan fingerprint density at radius 1 is 0.727 bits per heavy atom. The van der Waals surface area contributed by atoms with Crippen LogP contribution >= 0.6 is 0 Å². The van der Waals surface area contributed by atoms with Gasteiger partial charge in [0.15, 0.2) is 0 Å². The monoisotopic (exact) mass is 334 g/mol. The molecule has 0 saturated carbocycles. The number of hydrogen-bond acceptors (Lipinski definition) is 0. The van der Waals surface area contributed by atoms with Crippen LogP contribution in [0, 0.1) is 23.7 Å². The summed E-state index contributed by atoms with van der Waals surface area (Å²) in [4.78, 5) is 0. The largest absolute Gasteiger partial charge is 0.391 e. The van der Waals surface area contributed by atoms with E-state index in [4.69, 9.17) is 0 Å². The first-order chi connectivity index (χ1) is 9.86. The zero-order chi connectivity index (χ0) is 17.6. The van der Waals surface area contributed by atoms with Crippen LogP contribution in [0.15, 0.2) is 0 Å². The summed E-state index contributed by atoms with van der Waals surface area (Å²) < 4.78 is 75.7. The zero-order valence-corrected chi connectivity index (χ0v) is 13.8. The van der Waals surface area contributed by atoms with E-state index < -0.39 is 36.5 Å². The fourth-order valence-electron chi connectivity index (χ4n) is 2.61. The maximum absolute atomic E-state index is 12.9. The van der Waals surface area contributed by atoms with Crippen molar-refractivity contribution in [2.75, 3.05) is 0 Å². The highest BCUT2D eigenvalue weighted by atomic mass is 19.4. The summed E-state index contributed by atoms with van der Waals surface area (Å²) in [5, 5.41) is 0. The number of halogens is 6. The molecule has 0 aromatic rings. The Morgan fingerprint density at radius 2 is 1.18 bits per heavy atom. The van der Waals surface area contributed by atoms with Crippen molar-refractivity contribution in [2.24, 2.45) is 23.7 Å². The maximum atomic E-state index is 12.9. The van der Waals surface area contributed by atoms with Gasteiger partial charge in [0.1, 0.15) is 0 Å². The second-order valence-electron chi connectivity index (χ2n) is 6.68. The minimum atomic E-state index is -4.28. The highest BCUT2D eigenvalue weighted by Crippen LogP contribution is 2.38. The second kappa shape index (κ2) is 9.02. The van der Waals surface area contributed by atoms with Gasteiger partial charge < -0.3 is 0 Å². The normalized spacial score (nSPS) is 18.8. The molecule has 0 radical (unpaired) electrons. The third-order valence-corrected chi connectivity index (χ3v) is 4.56. The molecule has 0 aliphatic rings. The summed E-state index contributed by atoms with van der Waals surface area (Å²) in [7, 11) is 0. The third-order valence-electron chi connectivity index (χ3n) is 4.56. The fourth-order valence-corrected chi connectivity index (χ4v) is 2.61. The van der Waals surface area contributed by atoms with Crippen LogP contribution in [-0.4, -0.2) is 12.4 Å². The van der Waals surface area contributed by atoms with Crippen LogP contribution in [0.4, 0.5) is 26.3 Å². The van der Waals surface area contributed by atoms with E-state index in [0.717, 1.165) is 13.3 Å². The minimum Gasteiger partial charge on any atom is -0.171 e. The number of hydrogen-bond donors (Lipinski definition) is 0. The van der Waals surface area contributed by atoms with Crippen molar-refractivity contribution in [3.05, 3.63) is 0 Å². The summed E-state index contributed by atoms with van der Waals surface area (Å²) in [5.41, 5.74) is 0. The van der Waals surface area contributed by atoms with Crippen LogP contribution in [0.3, 0.4) is 0 Å². The predicted octanol–water partition coefficient (Wildman–Crippen LogP) is 7.00. The van der Waals surface area contributed by atoms with Crippen LogP contribution in [0.1, 0.15) is 66.2 Å². The van der Waals surface area contributed by atoms with Gasteiger partial charge in [0.25, 0.3) is 0 Å². The van der Waals surface area contributed by atoms with Crippen molar-refractivity contribution in [2.45, 2.75) is 78.6 Å². The lowest BCUT2D eigenvalue weighted by Crippen LogP contribution is -2.28. The first kappa shape index (κ1) is 21.6. The predicted molar refractivity (Wildman–Crippen MR) is 76.5 cm³/mol. The third kappa shape index (κ3) is 9.57. The van der Waals surface area contributed by atoms with Crippen LogP contribution in [0.5, 0.6) is 0 Å². The molecule has 0 N–H and O–H groups in total. The molecule has 0 aromatic carbocycles. The van der Waals surface area contributed by atoms with E-state index >= 15 is 0 Å². The minimum absolute atomic E-state index is 0.186. The van der Waals surface area contributed by atoms with Crippen molar-refractivity contribution in [3.63, 3.8) is 0 Å². The summed E-state index contributed by atoms with van der Waals surface area (Å²) in [6, 6.07) is 0. The Kier molecular flexibility index (Phi) is 8.85. The molecular formula is C16H28F6.